The van der Waals surface area contributed by atoms with Gasteiger partial charge in [-0.15, -0.1) is 0 Å². The minimum atomic E-state index is -0.765. The Morgan fingerprint density at radius 3 is 2.29 bits per heavy atom. The molecule has 0 spiro atoms. The Morgan fingerprint density at radius 2 is 1.58 bits per heavy atom. The van der Waals surface area contributed by atoms with Gasteiger partial charge in [-0.2, -0.15) is 0 Å². The molecule has 156 valence electrons. The number of Topliss-reactive ketones (excluding diaryl/α,β-unsaturated/α-hetero) is 1. The van der Waals surface area contributed by atoms with E-state index in [2.05, 4.69) is 0 Å². The van der Waals surface area contributed by atoms with Crippen LogP contribution < -0.4 is 4.90 Å². The van der Waals surface area contributed by atoms with Crippen LogP contribution in [-0.2, 0) is 9.59 Å². The van der Waals surface area contributed by atoms with Gasteiger partial charge in [-0.3, -0.25) is 14.5 Å². The zero-order valence-electron chi connectivity index (χ0n) is 17.5. The van der Waals surface area contributed by atoms with E-state index in [0.29, 0.717) is 16.3 Å². The Balaban J connectivity index is 2.01. The largest absolute Gasteiger partial charge is 0.507 e. The summed E-state index contributed by atoms with van der Waals surface area (Å²) in [6, 6.07) is 19.4. The third-order valence-corrected chi connectivity index (χ3v) is 5.87. The van der Waals surface area contributed by atoms with Crippen molar-refractivity contribution in [3.8, 4) is 0 Å². The molecule has 1 atom stereocenters. The fourth-order valence-electron chi connectivity index (χ4n) is 4.01. The summed E-state index contributed by atoms with van der Waals surface area (Å²) in [5.41, 5.74) is 4.46. The quantitative estimate of drug-likeness (QED) is 0.319. The summed E-state index contributed by atoms with van der Waals surface area (Å²) in [6.07, 6.45) is 0. The van der Waals surface area contributed by atoms with Gasteiger partial charge in [0.25, 0.3) is 11.7 Å². The highest BCUT2D eigenvalue weighted by Gasteiger charge is 2.47. The van der Waals surface area contributed by atoms with Crippen LogP contribution in [-0.4, -0.2) is 16.8 Å². The van der Waals surface area contributed by atoms with Gasteiger partial charge in [-0.05, 0) is 55.7 Å². The molecule has 1 unspecified atom stereocenters. The number of rotatable bonds is 3. The first-order chi connectivity index (χ1) is 14.8. The van der Waals surface area contributed by atoms with Crippen molar-refractivity contribution in [1.29, 1.82) is 0 Å². The van der Waals surface area contributed by atoms with Crippen molar-refractivity contribution in [3.05, 3.63) is 105 Å². The van der Waals surface area contributed by atoms with Crippen LogP contribution >= 0.6 is 11.6 Å². The summed E-state index contributed by atoms with van der Waals surface area (Å²) in [6.45, 7) is 5.64. The SMILES string of the molecule is Cc1ccc(C)c(/C(O)=C2\C(=O)C(=O)N(c3cc(Cl)ccc3C)C2c2ccccc2)c1. The van der Waals surface area contributed by atoms with Crippen molar-refractivity contribution < 1.29 is 14.7 Å². The van der Waals surface area contributed by atoms with E-state index in [1.54, 1.807) is 12.1 Å². The van der Waals surface area contributed by atoms with Gasteiger partial charge >= 0.3 is 0 Å². The number of ketones is 1. The zero-order chi connectivity index (χ0) is 22.3. The van der Waals surface area contributed by atoms with Gasteiger partial charge in [0.05, 0.1) is 11.6 Å². The van der Waals surface area contributed by atoms with Crippen LogP contribution in [0.15, 0.2) is 72.3 Å². The van der Waals surface area contributed by atoms with Crippen molar-refractivity contribution in [1.82, 2.24) is 0 Å². The van der Waals surface area contributed by atoms with E-state index in [0.717, 1.165) is 22.3 Å². The summed E-state index contributed by atoms with van der Waals surface area (Å²) in [5, 5.41) is 11.7. The fraction of sp³-hybridized carbons (Fsp3) is 0.154. The zero-order valence-corrected chi connectivity index (χ0v) is 18.3. The van der Waals surface area contributed by atoms with E-state index in [-0.39, 0.29) is 11.3 Å². The molecular weight excluding hydrogens is 410 g/mol. The van der Waals surface area contributed by atoms with Crippen molar-refractivity contribution in [2.75, 3.05) is 4.90 Å². The average molecular weight is 432 g/mol. The Hall–Kier alpha value is -3.37. The highest BCUT2D eigenvalue weighted by atomic mass is 35.5. The van der Waals surface area contributed by atoms with Crippen LogP contribution in [0.25, 0.3) is 5.76 Å². The van der Waals surface area contributed by atoms with Gasteiger partial charge in [-0.1, -0.05) is 65.7 Å². The number of amides is 1. The fourth-order valence-corrected chi connectivity index (χ4v) is 4.18. The number of hydrogen-bond donors (Lipinski definition) is 1. The van der Waals surface area contributed by atoms with Crippen LogP contribution in [0.5, 0.6) is 0 Å². The molecule has 3 aromatic carbocycles. The number of benzene rings is 3. The number of aryl methyl sites for hydroxylation is 3. The van der Waals surface area contributed by atoms with Gasteiger partial charge in [-0.25, -0.2) is 0 Å². The van der Waals surface area contributed by atoms with Crippen molar-refractivity contribution in [2.24, 2.45) is 0 Å². The highest BCUT2D eigenvalue weighted by molar-refractivity contribution is 6.52. The number of carbonyl (C=O) groups is 2. The third-order valence-electron chi connectivity index (χ3n) is 5.64. The lowest BCUT2D eigenvalue weighted by molar-refractivity contribution is -0.132. The first-order valence-corrected chi connectivity index (χ1v) is 10.4. The number of carbonyl (C=O) groups excluding carboxylic acids is 2. The predicted octanol–water partition coefficient (Wildman–Crippen LogP) is 5.89. The molecule has 0 saturated carbocycles. The van der Waals surface area contributed by atoms with Crippen LogP contribution in [0.3, 0.4) is 0 Å². The number of nitrogens with zero attached hydrogens (tertiary/aromatic N) is 1. The molecular formula is C26H22ClNO3. The lowest BCUT2D eigenvalue weighted by Gasteiger charge is -2.27. The number of aliphatic hydroxyl groups is 1. The molecule has 3 aromatic rings. The van der Waals surface area contributed by atoms with E-state index in [4.69, 9.17) is 11.6 Å². The molecule has 31 heavy (non-hydrogen) atoms. The van der Waals surface area contributed by atoms with E-state index in [1.807, 2.05) is 75.4 Å². The molecule has 1 amide bonds. The number of aliphatic hydroxyl groups excluding tert-OH is 1. The Kier molecular flexibility index (Phi) is 5.42. The van der Waals surface area contributed by atoms with Gasteiger partial charge < -0.3 is 5.11 Å². The molecule has 1 saturated heterocycles. The Labute approximate surface area is 186 Å². The molecule has 1 aliphatic heterocycles. The molecule has 1 aliphatic rings. The van der Waals surface area contributed by atoms with Crippen LogP contribution in [0.1, 0.15) is 33.9 Å². The standard InChI is InChI=1S/C26H22ClNO3/c1-15-9-10-16(2)20(13-15)24(29)22-23(18-7-5-4-6-8-18)28(26(31)25(22)30)21-14-19(27)12-11-17(21)3/h4-14,23,29H,1-3H3/b24-22+. The maximum absolute atomic E-state index is 13.2. The first-order valence-electron chi connectivity index (χ1n) is 9.99. The second kappa shape index (κ2) is 8.05. The second-order valence-corrected chi connectivity index (χ2v) is 8.27. The normalized spacial score (nSPS) is 17.9. The average Bonchev–Trinajstić information content (AvgIpc) is 3.02. The molecule has 4 nitrogen and oxygen atoms in total. The van der Waals surface area contributed by atoms with Gasteiger partial charge in [0.2, 0.25) is 0 Å². The minimum absolute atomic E-state index is 0.0734. The molecule has 0 bridgehead atoms. The van der Waals surface area contributed by atoms with Crippen LogP contribution in [0.2, 0.25) is 5.02 Å². The van der Waals surface area contributed by atoms with Crippen LogP contribution in [0.4, 0.5) is 5.69 Å². The summed E-state index contributed by atoms with van der Waals surface area (Å²) in [4.78, 5) is 27.9. The summed E-state index contributed by atoms with van der Waals surface area (Å²) < 4.78 is 0. The Morgan fingerprint density at radius 1 is 0.903 bits per heavy atom. The molecule has 4 rings (SSSR count). The summed E-state index contributed by atoms with van der Waals surface area (Å²) in [7, 11) is 0. The van der Waals surface area contributed by atoms with E-state index >= 15 is 0 Å². The summed E-state index contributed by atoms with van der Waals surface area (Å²) in [5.74, 6) is -1.58. The van der Waals surface area contributed by atoms with Crippen molar-refractivity contribution >= 4 is 34.7 Å². The van der Waals surface area contributed by atoms with E-state index in [1.165, 1.54) is 4.90 Å². The Bertz CT molecular complexity index is 1230. The molecule has 1 heterocycles. The monoisotopic (exact) mass is 431 g/mol. The topological polar surface area (TPSA) is 57.6 Å². The second-order valence-electron chi connectivity index (χ2n) is 7.83. The maximum atomic E-state index is 13.2. The molecule has 0 aliphatic carbocycles. The van der Waals surface area contributed by atoms with Crippen molar-refractivity contribution in [3.63, 3.8) is 0 Å². The maximum Gasteiger partial charge on any atom is 0.300 e. The third kappa shape index (κ3) is 3.64. The molecule has 0 radical (unpaired) electrons. The lowest BCUT2D eigenvalue weighted by Crippen LogP contribution is -2.30. The number of hydrogen-bond acceptors (Lipinski definition) is 3. The first kappa shape index (κ1) is 20.9. The molecule has 1 N–H and O–H groups in total. The lowest BCUT2D eigenvalue weighted by atomic mass is 9.93. The van der Waals surface area contributed by atoms with E-state index in [9.17, 15) is 14.7 Å². The smallest absolute Gasteiger partial charge is 0.300 e. The van der Waals surface area contributed by atoms with Gasteiger partial charge in [0.15, 0.2) is 0 Å². The minimum Gasteiger partial charge on any atom is -0.507 e. The summed E-state index contributed by atoms with van der Waals surface area (Å²) >= 11 is 6.22. The van der Waals surface area contributed by atoms with Crippen molar-refractivity contribution in [2.45, 2.75) is 26.8 Å². The van der Waals surface area contributed by atoms with Crippen LogP contribution in [0, 0.1) is 20.8 Å². The predicted molar refractivity (Wildman–Crippen MR) is 123 cm³/mol. The van der Waals surface area contributed by atoms with Gasteiger partial charge in [0.1, 0.15) is 5.76 Å². The highest BCUT2D eigenvalue weighted by Crippen LogP contribution is 2.43. The number of halogens is 1. The van der Waals surface area contributed by atoms with E-state index < -0.39 is 17.7 Å². The molecule has 0 aromatic heterocycles. The molecule has 5 heteroatoms. The van der Waals surface area contributed by atoms with Gasteiger partial charge in [0, 0.05) is 16.3 Å². The molecule has 1 fully saturated rings. The number of anilines is 1.